The van der Waals surface area contributed by atoms with Crippen molar-refractivity contribution in [1.82, 2.24) is 10.2 Å². The quantitative estimate of drug-likeness (QED) is 0.905. The molecule has 114 valence electrons. The number of nitrogens with zero attached hydrogens (tertiary/aromatic N) is 1. The van der Waals surface area contributed by atoms with Crippen molar-refractivity contribution in [3.05, 3.63) is 35.9 Å². The van der Waals surface area contributed by atoms with Gasteiger partial charge in [-0.2, -0.15) is 0 Å². The van der Waals surface area contributed by atoms with E-state index in [0.717, 1.165) is 56.4 Å². The van der Waals surface area contributed by atoms with Crippen LogP contribution in [-0.4, -0.2) is 37.0 Å². The largest absolute Gasteiger partial charge is 0.342 e. The van der Waals surface area contributed by atoms with Crippen LogP contribution in [-0.2, 0) is 10.2 Å². The summed E-state index contributed by atoms with van der Waals surface area (Å²) in [4.78, 5) is 15.1. The van der Waals surface area contributed by atoms with Crippen molar-refractivity contribution in [1.29, 1.82) is 0 Å². The fourth-order valence-corrected chi connectivity index (χ4v) is 3.79. The third-order valence-electron chi connectivity index (χ3n) is 5.34. The molecule has 2 aliphatic heterocycles. The molecular weight excluding hydrogens is 260 g/mol. The monoisotopic (exact) mass is 286 g/mol. The normalized spacial score (nSPS) is 26.3. The minimum atomic E-state index is -0.432. The smallest absolute Gasteiger partial charge is 0.232 e. The molecule has 1 aromatic carbocycles. The molecule has 1 N–H and O–H groups in total. The summed E-state index contributed by atoms with van der Waals surface area (Å²) in [6, 6.07) is 10.2. The van der Waals surface area contributed by atoms with E-state index in [0.29, 0.717) is 0 Å². The minimum absolute atomic E-state index is 0.279. The highest BCUT2D eigenvalue weighted by atomic mass is 16.2. The molecule has 3 heteroatoms. The first-order chi connectivity index (χ1) is 10.1. The van der Waals surface area contributed by atoms with Gasteiger partial charge in [0.1, 0.15) is 0 Å². The van der Waals surface area contributed by atoms with Crippen molar-refractivity contribution in [2.24, 2.45) is 11.8 Å². The predicted octanol–water partition coefficient (Wildman–Crippen LogP) is 2.42. The van der Waals surface area contributed by atoms with Gasteiger partial charge >= 0.3 is 0 Å². The molecule has 2 aliphatic rings. The standard InChI is InChI=1S/C18H26N2O/c1-18(2,16-6-4-3-5-7-16)17(21)20-10-8-14-12-19-13-15(14)9-11-20/h3-7,14-15,19H,8-13H2,1-2H3/t14-,15+. The Hall–Kier alpha value is -1.35. The van der Waals surface area contributed by atoms with Crippen molar-refractivity contribution < 1.29 is 4.79 Å². The van der Waals surface area contributed by atoms with Crippen molar-refractivity contribution >= 4 is 5.91 Å². The fourth-order valence-electron chi connectivity index (χ4n) is 3.79. The Morgan fingerprint density at radius 3 is 2.24 bits per heavy atom. The topological polar surface area (TPSA) is 32.3 Å². The summed E-state index contributed by atoms with van der Waals surface area (Å²) in [5.74, 6) is 1.81. The van der Waals surface area contributed by atoms with Gasteiger partial charge in [0, 0.05) is 13.1 Å². The zero-order valence-corrected chi connectivity index (χ0v) is 13.1. The van der Waals surface area contributed by atoms with Crippen LogP contribution in [0.5, 0.6) is 0 Å². The van der Waals surface area contributed by atoms with E-state index in [1.807, 2.05) is 18.2 Å². The third kappa shape index (κ3) is 2.84. The van der Waals surface area contributed by atoms with Gasteiger partial charge in [-0.1, -0.05) is 30.3 Å². The number of carbonyl (C=O) groups excluding carboxylic acids is 1. The molecule has 2 heterocycles. The Balaban J connectivity index is 1.73. The molecule has 0 bridgehead atoms. The number of hydrogen-bond acceptors (Lipinski definition) is 2. The SMILES string of the molecule is CC(C)(C(=O)N1CC[C@@H]2CNC[C@@H]2CC1)c1ccccc1. The lowest BCUT2D eigenvalue weighted by Crippen LogP contribution is -2.44. The van der Waals surface area contributed by atoms with Crippen LogP contribution in [0.1, 0.15) is 32.3 Å². The van der Waals surface area contributed by atoms with Gasteiger partial charge in [-0.3, -0.25) is 4.79 Å². The van der Waals surface area contributed by atoms with Crippen molar-refractivity contribution in [2.45, 2.75) is 32.1 Å². The first-order valence-corrected chi connectivity index (χ1v) is 8.14. The maximum Gasteiger partial charge on any atom is 0.232 e. The van der Waals surface area contributed by atoms with Crippen LogP contribution >= 0.6 is 0 Å². The number of rotatable bonds is 2. The van der Waals surface area contributed by atoms with E-state index in [2.05, 4.69) is 36.2 Å². The van der Waals surface area contributed by atoms with Gasteiger partial charge in [0.2, 0.25) is 5.91 Å². The number of nitrogens with one attached hydrogen (secondary N) is 1. The number of fused-ring (bicyclic) bond motifs is 1. The molecular formula is C18H26N2O. The number of carbonyl (C=O) groups is 1. The average Bonchev–Trinajstić information content (AvgIpc) is 2.86. The van der Waals surface area contributed by atoms with Crippen molar-refractivity contribution in [3.8, 4) is 0 Å². The summed E-state index contributed by atoms with van der Waals surface area (Å²) in [5.41, 5.74) is 0.681. The van der Waals surface area contributed by atoms with Gasteiger partial charge in [0.05, 0.1) is 5.41 Å². The Morgan fingerprint density at radius 1 is 1.10 bits per heavy atom. The van der Waals surface area contributed by atoms with Crippen LogP contribution in [0.2, 0.25) is 0 Å². The highest BCUT2D eigenvalue weighted by molar-refractivity contribution is 5.87. The fraction of sp³-hybridized carbons (Fsp3) is 0.611. The molecule has 0 spiro atoms. The van der Waals surface area contributed by atoms with Gasteiger partial charge < -0.3 is 10.2 Å². The van der Waals surface area contributed by atoms with Crippen LogP contribution in [0.3, 0.4) is 0 Å². The molecule has 0 radical (unpaired) electrons. The molecule has 2 fully saturated rings. The highest BCUT2D eigenvalue weighted by Crippen LogP contribution is 2.31. The van der Waals surface area contributed by atoms with E-state index in [1.54, 1.807) is 0 Å². The minimum Gasteiger partial charge on any atom is -0.342 e. The van der Waals surface area contributed by atoms with Gasteiger partial charge in [0.25, 0.3) is 0 Å². The van der Waals surface area contributed by atoms with Crippen molar-refractivity contribution in [2.75, 3.05) is 26.2 Å². The zero-order valence-electron chi connectivity index (χ0n) is 13.1. The zero-order chi connectivity index (χ0) is 14.9. The van der Waals surface area contributed by atoms with E-state index in [-0.39, 0.29) is 5.91 Å². The van der Waals surface area contributed by atoms with E-state index in [4.69, 9.17) is 0 Å². The first kappa shape index (κ1) is 14.6. The molecule has 2 saturated heterocycles. The van der Waals surface area contributed by atoms with Crippen LogP contribution in [0.4, 0.5) is 0 Å². The second-order valence-corrected chi connectivity index (χ2v) is 7.04. The lowest BCUT2D eigenvalue weighted by Gasteiger charge is -2.32. The second kappa shape index (κ2) is 5.80. The van der Waals surface area contributed by atoms with E-state index < -0.39 is 5.41 Å². The Kier molecular flexibility index (Phi) is 4.03. The summed E-state index contributed by atoms with van der Waals surface area (Å²) in [6.45, 7) is 8.20. The molecule has 3 rings (SSSR count). The average molecular weight is 286 g/mol. The van der Waals surface area contributed by atoms with E-state index in [1.165, 1.54) is 0 Å². The van der Waals surface area contributed by atoms with Gasteiger partial charge in [-0.05, 0) is 57.2 Å². The van der Waals surface area contributed by atoms with Gasteiger partial charge in [-0.15, -0.1) is 0 Å². The summed E-state index contributed by atoms with van der Waals surface area (Å²) < 4.78 is 0. The van der Waals surface area contributed by atoms with E-state index in [9.17, 15) is 4.79 Å². The molecule has 21 heavy (non-hydrogen) atoms. The summed E-state index contributed by atoms with van der Waals surface area (Å²) in [5, 5.41) is 3.49. The summed E-state index contributed by atoms with van der Waals surface area (Å²) in [7, 11) is 0. The van der Waals surface area contributed by atoms with Crippen LogP contribution in [0.15, 0.2) is 30.3 Å². The molecule has 3 nitrogen and oxygen atoms in total. The first-order valence-electron chi connectivity index (χ1n) is 8.14. The molecule has 2 atom stereocenters. The lowest BCUT2D eigenvalue weighted by atomic mass is 9.83. The number of likely N-dealkylation sites (tertiary alicyclic amines) is 1. The van der Waals surface area contributed by atoms with Crippen molar-refractivity contribution in [3.63, 3.8) is 0 Å². The molecule has 0 saturated carbocycles. The van der Waals surface area contributed by atoms with Gasteiger partial charge in [-0.25, -0.2) is 0 Å². The number of hydrogen-bond donors (Lipinski definition) is 1. The Morgan fingerprint density at radius 2 is 1.67 bits per heavy atom. The van der Waals surface area contributed by atoms with Gasteiger partial charge in [0.15, 0.2) is 0 Å². The molecule has 1 amide bonds. The third-order valence-corrected chi connectivity index (χ3v) is 5.34. The molecule has 0 aromatic heterocycles. The lowest BCUT2D eigenvalue weighted by molar-refractivity contribution is -0.136. The Bertz CT molecular complexity index is 483. The molecule has 0 unspecified atom stereocenters. The van der Waals surface area contributed by atoms with Crippen LogP contribution < -0.4 is 5.32 Å². The second-order valence-electron chi connectivity index (χ2n) is 7.04. The highest BCUT2D eigenvalue weighted by Gasteiger charge is 2.37. The maximum absolute atomic E-state index is 13.0. The van der Waals surface area contributed by atoms with E-state index >= 15 is 0 Å². The Labute approximate surface area is 127 Å². The summed E-state index contributed by atoms with van der Waals surface area (Å²) >= 11 is 0. The molecule has 1 aromatic rings. The maximum atomic E-state index is 13.0. The van der Waals surface area contributed by atoms with Crippen LogP contribution in [0.25, 0.3) is 0 Å². The predicted molar refractivity (Wildman–Crippen MR) is 85.1 cm³/mol. The molecule has 0 aliphatic carbocycles. The van der Waals surface area contributed by atoms with Crippen LogP contribution in [0, 0.1) is 11.8 Å². The number of benzene rings is 1. The number of amides is 1. The summed E-state index contributed by atoms with van der Waals surface area (Å²) in [6.07, 6.45) is 2.29.